The third kappa shape index (κ3) is 3.24. The number of para-hydroxylation sites is 1. The average molecular weight is 318 g/mol. The molecular weight excluding hydrogens is 302 g/mol. The molecule has 2 rings (SSSR count). The zero-order chi connectivity index (χ0) is 13.8. The van der Waals surface area contributed by atoms with Gasteiger partial charge in [0.15, 0.2) is 0 Å². The molecule has 0 radical (unpaired) electrons. The van der Waals surface area contributed by atoms with Gasteiger partial charge in [-0.1, -0.05) is 47.1 Å². The molecule has 0 aromatic heterocycles. The second-order valence-electron chi connectivity index (χ2n) is 4.42. The van der Waals surface area contributed by atoms with Crippen LogP contribution in [-0.2, 0) is 6.42 Å². The number of amides is 1. The van der Waals surface area contributed by atoms with Gasteiger partial charge in [0, 0.05) is 15.7 Å². The van der Waals surface area contributed by atoms with Crippen LogP contribution in [-0.4, -0.2) is 5.91 Å². The SMILES string of the molecule is CCc1ccccc1NC(=O)c1cc(Br)ccc1C. The Bertz CT molecular complexity index is 607. The molecule has 2 nitrogen and oxygen atoms in total. The van der Waals surface area contributed by atoms with E-state index in [9.17, 15) is 4.79 Å². The van der Waals surface area contributed by atoms with E-state index in [4.69, 9.17) is 0 Å². The van der Waals surface area contributed by atoms with E-state index in [1.165, 1.54) is 0 Å². The maximum Gasteiger partial charge on any atom is 0.255 e. The van der Waals surface area contributed by atoms with Gasteiger partial charge in [-0.3, -0.25) is 4.79 Å². The summed E-state index contributed by atoms with van der Waals surface area (Å²) in [5, 5.41) is 2.99. The highest BCUT2D eigenvalue weighted by atomic mass is 79.9. The smallest absolute Gasteiger partial charge is 0.255 e. The molecule has 0 saturated heterocycles. The van der Waals surface area contributed by atoms with Crippen molar-refractivity contribution in [2.75, 3.05) is 5.32 Å². The van der Waals surface area contributed by atoms with Crippen LogP contribution < -0.4 is 5.32 Å². The third-order valence-electron chi connectivity index (χ3n) is 3.09. The molecule has 0 atom stereocenters. The number of rotatable bonds is 3. The van der Waals surface area contributed by atoms with Gasteiger partial charge in [0.2, 0.25) is 0 Å². The van der Waals surface area contributed by atoms with Gasteiger partial charge in [-0.2, -0.15) is 0 Å². The van der Waals surface area contributed by atoms with Crippen LogP contribution in [0, 0.1) is 6.92 Å². The van der Waals surface area contributed by atoms with Crippen LogP contribution in [0.4, 0.5) is 5.69 Å². The van der Waals surface area contributed by atoms with Crippen LogP contribution in [0.25, 0.3) is 0 Å². The van der Waals surface area contributed by atoms with Crippen molar-refractivity contribution in [1.82, 2.24) is 0 Å². The molecule has 0 saturated carbocycles. The van der Waals surface area contributed by atoms with Crippen LogP contribution in [0.2, 0.25) is 0 Å². The number of hydrogen-bond acceptors (Lipinski definition) is 1. The van der Waals surface area contributed by atoms with Gasteiger partial charge >= 0.3 is 0 Å². The first-order chi connectivity index (χ1) is 9.11. The number of hydrogen-bond donors (Lipinski definition) is 1. The normalized spacial score (nSPS) is 10.3. The second-order valence-corrected chi connectivity index (χ2v) is 5.34. The summed E-state index contributed by atoms with van der Waals surface area (Å²) in [6.45, 7) is 4.02. The zero-order valence-electron chi connectivity index (χ0n) is 11.0. The van der Waals surface area contributed by atoms with Gasteiger partial charge in [0.25, 0.3) is 5.91 Å². The molecule has 98 valence electrons. The number of anilines is 1. The molecule has 2 aromatic carbocycles. The monoisotopic (exact) mass is 317 g/mol. The Balaban J connectivity index is 2.28. The Morgan fingerprint density at radius 3 is 2.68 bits per heavy atom. The molecule has 0 heterocycles. The van der Waals surface area contributed by atoms with E-state index in [-0.39, 0.29) is 5.91 Å². The van der Waals surface area contributed by atoms with Crippen molar-refractivity contribution in [1.29, 1.82) is 0 Å². The Hall–Kier alpha value is -1.61. The van der Waals surface area contributed by atoms with Crippen molar-refractivity contribution in [2.24, 2.45) is 0 Å². The summed E-state index contributed by atoms with van der Waals surface area (Å²) in [6.07, 6.45) is 0.897. The van der Waals surface area contributed by atoms with Crippen LogP contribution in [0.1, 0.15) is 28.4 Å². The van der Waals surface area contributed by atoms with Crippen molar-refractivity contribution in [2.45, 2.75) is 20.3 Å². The van der Waals surface area contributed by atoms with Crippen LogP contribution >= 0.6 is 15.9 Å². The largest absolute Gasteiger partial charge is 0.322 e. The molecule has 0 unspecified atom stereocenters. The molecule has 1 N–H and O–H groups in total. The van der Waals surface area contributed by atoms with Crippen molar-refractivity contribution in [3.05, 3.63) is 63.6 Å². The number of carbonyl (C=O) groups excluding carboxylic acids is 1. The minimum atomic E-state index is -0.0697. The predicted molar refractivity (Wildman–Crippen MR) is 82.7 cm³/mol. The first kappa shape index (κ1) is 13.8. The van der Waals surface area contributed by atoms with Crippen molar-refractivity contribution < 1.29 is 4.79 Å². The molecule has 0 spiro atoms. The zero-order valence-corrected chi connectivity index (χ0v) is 12.6. The lowest BCUT2D eigenvalue weighted by Gasteiger charge is -2.11. The molecule has 19 heavy (non-hydrogen) atoms. The molecule has 0 aliphatic carbocycles. The van der Waals surface area contributed by atoms with Gasteiger partial charge in [-0.25, -0.2) is 0 Å². The first-order valence-corrected chi connectivity index (χ1v) is 7.06. The van der Waals surface area contributed by atoms with Gasteiger partial charge < -0.3 is 5.32 Å². The lowest BCUT2D eigenvalue weighted by Crippen LogP contribution is -2.14. The van der Waals surface area contributed by atoms with Gasteiger partial charge in [0.1, 0.15) is 0 Å². The Morgan fingerprint density at radius 1 is 1.21 bits per heavy atom. The number of carbonyl (C=O) groups is 1. The van der Waals surface area contributed by atoms with Crippen molar-refractivity contribution >= 4 is 27.5 Å². The van der Waals surface area contributed by atoms with E-state index in [0.29, 0.717) is 5.56 Å². The quantitative estimate of drug-likeness (QED) is 0.882. The maximum absolute atomic E-state index is 12.3. The predicted octanol–water partition coefficient (Wildman–Crippen LogP) is 4.57. The maximum atomic E-state index is 12.3. The molecule has 0 aliphatic rings. The molecule has 3 heteroatoms. The Morgan fingerprint density at radius 2 is 1.95 bits per heavy atom. The fourth-order valence-electron chi connectivity index (χ4n) is 1.98. The lowest BCUT2D eigenvalue weighted by atomic mass is 10.1. The summed E-state index contributed by atoms with van der Waals surface area (Å²) < 4.78 is 0.909. The van der Waals surface area contributed by atoms with Gasteiger partial charge in [0.05, 0.1) is 0 Å². The summed E-state index contributed by atoms with van der Waals surface area (Å²) in [6, 6.07) is 13.6. The first-order valence-electron chi connectivity index (χ1n) is 6.27. The highest BCUT2D eigenvalue weighted by Crippen LogP contribution is 2.20. The summed E-state index contributed by atoms with van der Waals surface area (Å²) in [7, 11) is 0. The van der Waals surface area contributed by atoms with Crippen molar-refractivity contribution in [3.63, 3.8) is 0 Å². The highest BCUT2D eigenvalue weighted by molar-refractivity contribution is 9.10. The Kier molecular flexibility index (Phi) is 4.38. The Labute approximate surface area is 122 Å². The van der Waals surface area contributed by atoms with Crippen LogP contribution in [0.5, 0.6) is 0 Å². The molecular formula is C16H16BrNO. The van der Waals surface area contributed by atoms with E-state index in [1.807, 2.05) is 49.4 Å². The van der Waals surface area contributed by atoms with E-state index >= 15 is 0 Å². The molecule has 1 amide bonds. The van der Waals surface area contributed by atoms with Gasteiger partial charge in [-0.15, -0.1) is 0 Å². The van der Waals surface area contributed by atoms with E-state index < -0.39 is 0 Å². The van der Waals surface area contributed by atoms with Gasteiger partial charge in [-0.05, 0) is 42.7 Å². The number of halogens is 1. The lowest BCUT2D eigenvalue weighted by molar-refractivity contribution is 0.102. The number of benzene rings is 2. The standard InChI is InChI=1S/C16H16BrNO/c1-3-12-6-4-5-7-15(12)18-16(19)14-10-13(17)9-8-11(14)2/h4-10H,3H2,1-2H3,(H,18,19). The second kappa shape index (κ2) is 6.02. The molecule has 0 fully saturated rings. The minimum Gasteiger partial charge on any atom is -0.322 e. The number of nitrogens with one attached hydrogen (secondary N) is 1. The number of aryl methyl sites for hydroxylation is 2. The third-order valence-corrected chi connectivity index (χ3v) is 3.58. The topological polar surface area (TPSA) is 29.1 Å². The van der Waals surface area contributed by atoms with Crippen molar-refractivity contribution in [3.8, 4) is 0 Å². The fraction of sp³-hybridized carbons (Fsp3) is 0.188. The summed E-state index contributed by atoms with van der Waals surface area (Å²) >= 11 is 3.40. The molecule has 0 aliphatic heterocycles. The molecule has 0 bridgehead atoms. The van der Waals surface area contributed by atoms with Crippen LogP contribution in [0.15, 0.2) is 46.9 Å². The van der Waals surface area contributed by atoms with E-state index in [0.717, 1.165) is 27.7 Å². The average Bonchev–Trinajstić information content (AvgIpc) is 2.42. The minimum absolute atomic E-state index is 0.0697. The molecule has 2 aromatic rings. The van der Waals surface area contributed by atoms with E-state index in [1.54, 1.807) is 0 Å². The highest BCUT2D eigenvalue weighted by Gasteiger charge is 2.11. The van der Waals surface area contributed by atoms with Crippen LogP contribution in [0.3, 0.4) is 0 Å². The summed E-state index contributed by atoms with van der Waals surface area (Å²) in [5.74, 6) is -0.0697. The fourth-order valence-corrected chi connectivity index (χ4v) is 2.34. The van der Waals surface area contributed by atoms with E-state index in [2.05, 4.69) is 28.2 Å². The summed E-state index contributed by atoms with van der Waals surface area (Å²) in [5.41, 5.74) is 3.69. The summed E-state index contributed by atoms with van der Waals surface area (Å²) in [4.78, 5) is 12.3.